The Morgan fingerprint density at radius 1 is 1.50 bits per heavy atom. The molecule has 0 saturated carbocycles. The number of amides is 1. The minimum absolute atomic E-state index is 0.0202. The van der Waals surface area contributed by atoms with Gasteiger partial charge in [0.2, 0.25) is 0 Å². The van der Waals surface area contributed by atoms with Gasteiger partial charge in [-0.05, 0) is 38.2 Å². The molecule has 0 bridgehead atoms. The zero-order chi connectivity index (χ0) is 17.1. The number of aryl methyl sites for hydroxylation is 1. The number of carbonyl (C=O) groups excluding carboxylic acids is 1. The summed E-state index contributed by atoms with van der Waals surface area (Å²) >= 11 is 1.58. The van der Waals surface area contributed by atoms with Crippen LogP contribution in [0.2, 0.25) is 0 Å². The van der Waals surface area contributed by atoms with Crippen LogP contribution in [0.3, 0.4) is 0 Å². The second-order valence-electron chi connectivity index (χ2n) is 6.25. The molecule has 1 atom stereocenters. The SMILES string of the molecule is Cc1nc(-c2c[nH]c(C(=O)N3CCCC(CCC(=O)O)C3)c2)cs1. The van der Waals surface area contributed by atoms with Gasteiger partial charge >= 0.3 is 5.97 Å². The maximum Gasteiger partial charge on any atom is 0.303 e. The van der Waals surface area contributed by atoms with Crippen molar-refractivity contribution in [3.05, 3.63) is 28.3 Å². The number of rotatable bonds is 5. The van der Waals surface area contributed by atoms with Gasteiger partial charge in [-0.2, -0.15) is 0 Å². The Kier molecular flexibility index (Phi) is 4.99. The standard InChI is InChI=1S/C17H21N3O3S/c1-11-19-15(10-24-11)13-7-14(18-8-13)17(23)20-6-2-3-12(9-20)4-5-16(21)22/h7-8,10,12,18H,2-6,9H2,1H3,(H,21,22). The summed E-state index contributed by atoms with van der Waals surface area (Å²) in [5.41, 5.74) is 2.36. The molecule has 128 valence electrons. The van der Waals surface area contributed by atoms with Gasteiger partial charge in [-0.3, -0.25) is 9.59 Å². The summed E-state index contributed by atoms with van der Waals surface area (Å²) in [5, 5.41) is 11.8. The molecule has 0 aliphatic carbocycles. The van der Waals surface area contributed by atoms with Gasteiger partial charge in [0.15, 0.2) is 0 Å². The quantitative estimate of drug-likeness (QED) is 0.870. The van der Waals surface area contributed by atoms with Crippen molar-refractivity contribution in [3.63, 3.8) is 0 Å². The van der Waals surface area contributed by atoms with Crippen LogP contribution in [0.4, 0.5) is 0 Å². The highest BCUT2D eigenvalue weighted by atomic mass is 32.1. The van der Waals surface area contributed by atoms with Gasteiger partial charge in [0.05, 0.1) is 10.7 Å². The Bertz CT molecular complexity index is 737. The smallest absolute Gasteiger partial charge is 0.303 e. The Morgan fingerprint density at radius 2 is 2.33 bits per heavy atom. The number of H-pyrrole nitrogens is 1. The third kappa shape index (κ3) is 3.84. The lowest BCUT2D eigenvalue weighted by atomic mass is 9.93. The Morgan fingerprint density at radius 3 is 3.04 bits per heavy atom. The van der Waals surface area contributed by atoms with E-state index in [0.29, 0.717) is 18.7 Å². The molecule has 1 fully saturated rings. The number of hydrogen-bond donors (Lipinski definition) is 2. The lowest BCUT2D eigenvalue weighted by Gasteiger charge is -2.32. The Balaban J connectivity index is 1.65. The van der Waals surface area contributed by atoms with E-state index in [0.717, 1.165) is 35.7 Å². The highest BCUT2D eigenvalue weighted by Gasteiger charge is 2.25. The summed E-state index contributed by atoms with van der Waals surface area (Å²) in [6.07, 6.45) is 4.53. The molecule has 1 saturated heterocycles. The topological polar surface area (TPSA) is 86.3 Å². The summed E-state index contributed by atoms with van der Waals surface area (Å²) < 4.78 is 0. The zero-order valence-electron chi connectivity index (χ0n) is 13.6. The number of aliphatic carboxylic acids is 1. The molecule has 2 N–H and O–H groups in total. The molecule has 0 spiro atoms. The van der Waals surface area contributed by atoms with Crippen LogP contribution in [-0.2, 0) is 4.79 Å². The normalized spacial score (nSPS) is 17.9. The number of aromatic amines is 1. The molecule has 0 aromatic carbocycles. The Hall–Kier alpha value is -2.15. The number of nitrogens with zero attached hydrogens (tertiary/aromatic N) is 2. The number of carboxylic acid groups (broad SMARTS) is 1. The summed E-state index contributed by atoms with van der Waals surface area (Å²) in [7, 11) is 0. The molecule has 6 nitrogen and oxygen atoms in total. The molecule has 1 unspecified atom stereocenters. The monoisotopic (exact) mass is 347 g/mol. The van der Waals surface area contributed by atoms with Crippen LogP contribution in [0, 0.1) is 12.8 Å². The van der Waals surface area contributed by atoms with Gasteiger partial charge in [0.1, 0.15) is 5.69 Å². The molecule has 2 aromatic heterocycles. The molecular formula is C17H21N3O3S. The van der Waals surface area contributed by atoms with Crippen LogP contribution < -0.4 is 0 Å². The fourth-order valence-electron chi connectivity index (χ4n) is 3.14. The first kappa shape index (κ1) is 16.7. The van der Waals surface area contributed by atoms with E-state index in [1.54, 1.807) is 11.3 Å². The summed E-state index contributed by atoms with van der Waals surface area (Å²) in [6.45, 7) is 3.32. The maximum atomic E-state index is 12.7. The molecule has 1 aliphatic rings. The fraction of sp³-hybridized carbons (Fsp3) is 0.471. The van der Waals surface area contributed by atoms with Gasteiger partial charge in [0, 0.05) is 36.7 Å². The van der Waals surface area contributed by atoms with Crippen molar-refractivity contribution in [2.75, 3.05) is 13.1 Å². The van der Waals surface area contributed by atoms with Gasteiger partial charge in [0.25, 0.3) is 5.91 Å². The third-order valence-corrected chi connectivity index (χ3v) is 5.17. The minimum Gasteiger partial charge on any atom is -0.481 e. The number of nitrogens with one attached hydrogen (secondary N) is 1. The van der Waals surface area contributed by atoms with E-state index in [-0.39, 0.29) is 18.2 Å². The second kappa shape index (κ2) is 7.17. The average molecular weight is 347 g/mol. The molecule has 3 rings (SSSR count). The van der Waals surface area contributed by atoms with Crippen LogP contribution in [0.5, 0.6) is 0 Å². The van der Waals surface area contributed by atoms with Crippen molar-refractivity contribution in [2.45, 2.75) is 32.6 Å². The highest BCUT2D eigenvalue weighted by molar-refractivity contribution is 7.09. The molecule has 1 aliphatic heterocycles. The number of carbonyl (C=O) groups is 2. The molecule has 1 amide bonds. The molecule has 0 radical (unpaired) electrons. The lowest BCUT2D eigenvalue weighted by molar-refractivity contribution is -0.137. The first-order valence-electron chi connectivity index (χ1n) is 8.15. The molecule has 24 heavy (non-hydrogen) atoms. The van der Waals surface area contributed by atoms with Crippen molar-refractivity contribution in [2.24, 2.45) is 5.92 Å². The first-order chi connectivity index (χ1) is 11.5. The van der Waals surface area contributed by atoms with Gasteiger partial charge < -0.3 is 15.0 Å². The van der Waals surface area contributed by atoms with E-state index in [1.165, 1.54) is 0 Å². The van der Waals surface area contributed by atoms with Crippen molar-refractivity contribution in [1.82, 2.24) is 14.9 Å². The predicted molar refractivity (Wildman–Crippen MR) is 92.1 cm³/mol. The minimum atomic E-state index is -0.772. The fourth-order valence-corrected chi connectivity index (χ4v) is 3.77. The Labute approximate surface area is 144 Å². The first-order valence-corrected chi connectivity index (χ1v) is 9.03. The number of aromatic nitrogens is 2. The number of thiazole rings is 1. The predicted octanol–water partition coefficient (Wildman–Crippen LogP) is 3.16. The molecule has 2 aromatic rings. The van der Waals surface area contributed by atoms with Gasteiger partial charge in [-0.1, -0.05) is 0 Å². The van der Waals surface area contributed by atoms with Crippen LogP contribution >= 0.6 is 11.3 Å². The van der Waals surface area contributed by atoms with Crippen LogP contribution in [-0.4, -0.2) is 44.9 Å². The van der Waals surface area contributed by atoms with E-state index in [2.05, 4.69) is 9.97 Å². The average Bonchev–Trinajstić information content (AvgIpc) is 3.21. The van der Waals surface area contributed by atoms with E-state index in [1.807, 2.05) is 29.5 Å². The van der Waals surface area contributed by atoms with Crippen LogP contribution in [0.1, 0.15) is 41.2 Å². The summed E-state index contributed by atoms with van der Waals surface area (Å²) in [6, 6.07) is 1.84. The summed E-state index contributed by atoms with van der Waals surface area (Å²) in [4.78, 5) is 32.7. The van der Waals surface area contributed by atoms with Crippen molar-refractivity contribution in [1.29, 1.82) is 0 Å². The van der Waals surface area contributed by atoms with E-state index < -0.39 is 5.97 Å². The third-order valence-electron chi connectivity index (χ3n) is 4.40. The zero-order valence-corrected chi connectivity index (χ0v) is 14.4. The largest absolute Gasteiger partial charge is 0.481 e. The molecular weight excluding hydrogens is 326 g/mol. The van der Waals surface area contributed by atoms with Gasteiger partial charge in [-0.25, -0.2) is 4.98 Å². The number of carboxylic acids is 1. The second-order valence-corrected chi connectivity index (χ2v) is 7.31. The van der Waals surface area contributed by atoms with Crippen molar-refractivity contribution >= 4 is 23.2 Å². The van der Waals surface area contributed by atoms with Crippen LogP contribution in [0.25, 0.3) is 11.3 Å². The summed E-state index contributed by atoms with van der Waals surface area (Å²) in [5.74, 6) is -0.520. The van der Waals surface area contributed by atoms with Crippen LogP contribution in [0.15, 0.2) is 17.6 Å². The molecule has 7 heteroatoms. The maximum absolute atomic E-state index is 12.7. The van der Waals surface area contributed by atoms with E-state index in [4.69, 9.17) is 5.11 Å². The number of likely N-dealkylation sites (tertiary alicyclic amines) is 1. The molecule has 3 heterocycles. The number of hydrogen-bond acceptors (Lipinski definition) is 4. The van der Waals surface area contributed by atoms with Gasteiger partial charge in [-0.15, -0.1) is 11.3 Å². The lowest BCUT2D eigenvalue weighted by Crippen LogP contribution is -2.40. The van der Waals surface area contributed by atoms with Crippen molar-refractivity contribution in [3.8, 4) is 11.3 Å². The van der Waals surface area contributed by atoms with E-state index >= 15 is 0 Å². The highest BCUT2D eigenvalue weighted by Crippen LogP contribution is 2.25. The number of piperidine rings is 1. The van der Waals surface area contributed by atoms with Crippen molar-refractivity contribution < 1.29 is 14.7 Å². The van der Waals surface area contributed by atoms with E-state index in [9.17, 15) is 9.59 Å².